The van der Waals surface area contributed by atoms with Crippen molar-refractivity contribution >= 4 is 0 Å². The molecule has 0 aromatic carbocycles. The summed E-state index contributed by atoms with van der Waals surface area (Å²) in [6.07, 6.45) is 6.84. The number of hydrogen-bond donors (Lipinski definition) is 1. The van der Waals surface area contributed by atoms with Crippen LogP contribution in [0.5, 0.6) is 0 Å². The molecule has 0 aromatic rings. The van der Waals surface area contributed by atoms with Crippen molar-refractivity contribution in [3.63, 3.8) is 0 Å². The highest BCUT2D eigenvalue weighted by atomic mass is 15.1. The first-order valence-corrected chi connectivity index (χ1v) is 6.68. The van der Waals surface area contributed by atoms with E-state index in [4.69, 9.17) is 5.73 Å². The van der Waals surface area contributed by atoms with Gasteiger partial charge in [0.2, 0.25) is 0 Å². The molecule has 2 nitrogen and oxygen atoms in total. The van der Waals surface area contributed by atoms with Gasteiger partial charge in [0.1, 0.15) is 0 Å². The zero-order chi connectivity index (χ0) is 11.1. The van der Waals surface area contributed by atoms with Gasteiger partial charge in [-0.15, -0.1) is 0 Å². The topological polar surface area (TPSA) is 29.3 Å². The Morgan fingerprint density at radius 3 is 2.53 bits per heavy atom. The Morgan fingerprint density at radius 1 is 1.33 bits per heavy atom. The second-order valence-corrected chi connectivity index (χ2v) is 5.18. The maximum atomic E-state index is 5.61. The van der Waals surface area contributed by atoms with Crippen LogP contribution < -0.4 is 5.73 Å². The van der Waals surface area contributed by atoms with Crippen LogP contribution in [0.4, 0.5) is 0 Å². The van der Waals surface area contributed by atoms with Crippen LogP contribution >= 0.6 is 0 Å². The predicted molar refractivity (Wildman–Crippen MR) is 66.9 cm³/mol. The number of rotatable bonds is 6. The molecule has 1 heterocycles. The fraction of sp³-hybridized carbons (Fsp3) is 1.00. The lowest BCUT2D eigenvalue weighted by molar-refractivity contribution is 0.177. The van der Waals surface area contributed by atoms with Crippen molar-refractivity contribution in [2.45, 2.75) is 46.0 Å². The monoisotopic (exact) mass is 212 g/mol. The molecule has 0 spiro atoms. The van der Waals surface area contributed by atoms with Gasteiger partial charge in [-0.2, -0.15) is 0 Å². The quantitative estimate of drug-likeness (QED) is 0.733. The van der Waals surface area contributed by atoms with Crippen molar-refractivity contribution in [2.24, 2.45) is 17.6 Å². The van der Waals surface area contributed by atoms with E-state index in [9.17, 15) is 0 Å². The predicted octanol–water partition coefficient (Wildman–Crippen LogP) is 2.48. The van der Waals surface area contributed by atoms with Crippen molar-refractivity contribution in [1.29, 1.82) is 0 Å². The number of hydrogen-bond acceptors (Lipinski definition) is 2. The highest BCUT2D eigenvalue weighted by molar-refractivity contribution is 4.71. The molecule has 1 atom stereocenters. The molecule has 15 heavy (non-hydrogen) atoms. The van der Waals surface area contributed by atoms with Crippen LogP contribution in [-0.2, 0) is 0 Å². The van der Waals surface area contributed by atoms with Gasteiger partial charge in [0.05, 0.1) is 0 Å². The molecule has 1 fully saturated rings. The molecule has 1 aliphatic heterocycles. The van der Waals surface area contributed by atoms with E-state index in [-0.39, 0.29) is 0 Å². The minimum absolute atomic E-state index is 0.707. The van der Waals surface area contributed by atoms with Crippen molar-refractivity contribution < 1.29 is 0 Å². The largest absolute Gasteiger partial charge is 0.330 e. The van der Waals surface area contributed by atoms with E-state index >= 15 is 0 Å². The number of nitrogens with two attached hydrogens (primary N) is 1. The van der Waals surface area contributed by atoms with Gasteiger partial charge in [-0.1, -0.05) is 20.3 Å². The van der Waals surface area contributed by atoms with Crippen molar-refractivity contribution in [3.05, 3.63) is 0 Å². The van der Waals surface area contributed by atoms with E-state index in [1.807, 2.05) is 0 Å². The van der Waals surface area contributed by atoms with Crippen LogP contribution in [0.3, 0.4) is 0 Å². The third kappa shape index (κ3) is 4.98. The molecule has 1 unspecified atom stereocenters. The first-order valence-electron chi connectivity index (χ1n) is 6.68. The molecule has 0 saturated carbocycles. The lowest BCUT2D eigenvalue weighted by Gasteiger charge is -2.31. The average Bonchev–Trinajstić information content (AvgIpc) is 2.29. The van der Waals surface area contributed by atoms with Crippen LogP contribution in [0.15, 0.2) is 0 Å². The van der Waals surface area contributed by atoms with Crippen LogP contribution in [-0.4, -0.2) is 31.1 Å². The van der Waals surface area contributed by atoms with E-state index in [0.29, 0.717) is 5.92 Å². The van der Waals surface area contributed by atoms with Gasteiger partial charge >= 0.3 is 0 Å². The Hall–Kier alpha value is -0.0800. The lowest BCUT2D eigenvalue weighted by Crippen LogP contribution is -2.34. The van der Waals surface area contributed by atoms with E-state index in [1.54, 1.807) is 0 Å². The van der Waals surface area contributed by atoms with Crippen LogP contribution in [0.25, 0.3) is 0 Å². The molecule has 2 heteroatoms. The minimum atomic E-state index is 0.707. The number of likely N-dealkylation sites (tertiary alicyclic amines) is 1. The molecule has 0 aliphatic carbocycles. The van der Waals surface area contributed by atoms with Crippen molar-refractivity contribution in [1.82, 2.24) is 4.90 Å². The zero-order valence-electron chi connectivity index (χ0n) is 10.5. The smallest absolute Gasteiger partial charge is 0.00161 e. The summed E-state index contributed by atoms with van der Waals surface area (Å²) in [6, 6.07) is 0. The van der Waals surface area contributed by atoms with E-state index < -0.39 is 0 Å². The third-order valence-corrected chi connectivity index (χ3v) is 3.86. The maximum absolute atomic E-state index is 5.61. The van der Waals surface area contributed by atoms with Gasteiger partial charge in [0, 0.05) is 0 Å². The third-order valence-electron chi connectivity index (χ3n) is 3.86. The van der Waals surface area contributed by atoms with E-state index in [0.717, 1.165) is 12.5 Å². The van der Waals surface area contributed by atoms with Gasteiger partial charge < -0.3 is 10.6 Å². The van der Waals surface area contributed by atoms with Gasteiger partial charge in [-0.3, -0.25) is 0 Å². The van der Waals surface area contributed by atoms with Gasteiger partial charge in [-0.25, -0.2) is 0 Å². The van der Waals surface area contributed by atoms with Crippen LogP contribution in [0.2, 0.25) is 0 Å². The molecule has 0 radical (unpaired) electrons. The summed E-state index contributed by atoms with van der Waals surface area (Å²) in [4.78, 5) is 2.63. The van der Waals surface area contributed by atoms with E-state index in [1.165, 1.54) is 51.7 Å². The summed E-state index contributed by atoms with van der Waals surface area (Å²) >= 11 is 0. The summed E-state index contributed by atoms with van der Waals surface area (Å²) in [5.41, 5.74) is 5.61. The normalized spacial score (nSPS) is 21.8. The number of piperidine rings is 1. The Bertz CT molecular complexity index is 151. The molecule has 90 valence electrons. The molecule has 0 bridgehead atoms. The highest BCUT2D eigenvalue weighted by Crippen LogP contribution is 2.20. The molecule has 1 aliphatic rings. The number of nitrogens with zero attached hydrogens (tertiary/aromatic N) is 1. The van der Waals surface area contributed by atoms with Gasteiger partial charge in [-0.05, 0) is 63.7 Å². The fourth-order valence-corrected chi connectivity index (χ4v) is 2.40. The Morgan fingerprint density at radius 2 is 2.00 bits per heavy atom. The molecule has 1 saturated heterocycles. The first-order chi connectivity index (χ1) is 7.26. The second-order valence-electron chi connectivity index (χ2n) is 5.18. The fourth-order valence-electron chi connectivity index (χ4n) is 2.40. The standard InChI is InChI=1S/C13H28N2/c1-3-13-6-9-15(10-7-13)8-4-5-12(2)11-14/h12-13H,3-11,14H2,1-2H3. The highest BCUT2D eigenvalue weighted by Gasteiger charge is 2.16. The van der Waals surface area contributed by atoms with Crippen molar-refractivity contribution in [3.8, 4) is 0 Å². The van der Waals surface area contributed by atoms with Crippen molar-refractivity contribution in [2.75, 3.05) is 26.2 Å². The Balaban J connectivity index is 2.03. The SMILES string of the molecule is CCC1CCN(CCCC(C)CN)CC1. The summed E-state index contributed by atoms with van der Waals surface area (Å²) in [7, 11) is 0. The summed E-state index contributed by atoms with van der Waals surface area (Å²) in [5.74, 6) is 1.71. The molecule has 1 rings (SSSR count). The maximum Gasteiger partial charge on any atom is -0.00161 e. The summed E-state index contributed by atoms with van der Waals surface area (Å²) in [6.45, 7) is 9.37. The summed E-state index contributed by atoms with van der Waals surface area (Å²) < 4.78 is 0. The molecular formula is C13H28N2. The van der Waals surface area contributed by atoms with E-state index in [2.05, 4.69) is 18.7 Å². The first kappa shape index (κ1) is 13.0. The summed E-state index contributed by atoms with van der Waals surface area (Å²) in [5, 5.41) is 0. The molecule has 0 aromatic heterocycles. The van der Waals surface area contributed by atoms with Crippen LogP contribution in [0, 0.1) is 11.8 Å². The molecule has 2 N–H and O–H groups in total. The zero-order valence-corrected chi connectivity index (χ0v) is 10.5. The van der Waals surface area contributed by atoms with Gasteiger partial charge in [0.25, 0.3) is 0 Å². The van der Waals surface area contributed by atoms with Gasteiger partial charge in [0.15, 0.2) is 0 Å². The lowest BCUT2D eigenvalue weighted by atomic mass is 9.94. The minimum Gasteiger partial charge on any atom is -0.330 e. The molecule has 0 amide bonds. The second kappa shape index (κ2) is 7.24. The average molecular weight is 212 g/mol. The molecular weight excluding hydrogens is 184 g/mol. The Kier molecular flexibility index (Phi) is 6.26. The Labute approximate surface area is 95.2 Å². The van der Waals surface area contributed by atoms with Crippen LogP contribution in [0.1, 0.15) is 46.0 Å².